The molecule has 0 aliphatic carbocycles. The third kappa shape index (κ3) is 2.44. The molecule has 20 heavy (non-hydrogen) atoms. The van der Waals surface area contributed by atoms with Crippen molar-refractivity contribution in [3.05, 3.63) is 32.9 Å². The Labute approximate surface area is 115 Å². The summed E-state index contributed by atoms with van der Waals surface area (Å²) < 4.78 is 5.25. The molecular weight excluding hydrogens is 264 g/mol. The number of nitro benzene ring substituents is 1. The maximum absolute atomic E-state index is 11.2. The van der Waals surface area contributed by atoms with Crippen molar-refractivity contribution in [2.45, 2.75) is 25.7 Å². The summed E-state index contributed by atoms with van der Waals surface area (Å²) in [5.74, 6) is -1.28. The van der Waals surface area contributed by atoms with Crippen molar-refractivity contribution in [3.63, 3.8) is 0 Å². The van der Waals surface area contributed by atoms with Crippen LogP contribution in [0.15, 0.2) is 6.07 Å². The van der Waals surface area contributed by atoms with Gasteiger partial charge in [0.25, 0.3) is 5.69 Å². The average molecular weight is 280 g/mol. The molecule has 0 amide bonds. The first-order valence-electron chi connectivity index (χ1n) is 6.32. The molecule has 1 fully saturated rings. The van der Waals surface area contributed by atoms with Crippen LogP contribution < -0.4 is 5.73 Å². The lowest BCUT2D eigenvalue weighted by atomic mass is 9.86. The van der Waals surface area contributed by atoms with Gasteiger partial charge in [0.05, 0.1) is 16.1 Å². The predicted octanol–water partition coefficient (Wildman–Crippen LogP) is 2.08. The van der Waals surface area contributed by atoms with E-state index in [0.29, 0.717) is 37.2 Å². The first-order valence-corrected chi connectivity index (χ1v) is 6.32. The van der Waals surface area contributed by atoms with Gasteiger partial charge >= 0.3 is 5.97 Å². The second-order valence-corrected chi connectivity index (χ2v) is 4.84. The number of nitrogens with two attached hydrogens (primary N) is 1. The fourth-order valence-corrected chi connectivity index (χ4v) is 2.60. The van der Waals surface area contributed by atoms with Crippen LogP contribution in [0.25, 0.3) is 0 Å². The Hall–Kier alpha value is -2.15. The van der Waals surface area contributed by atoms with Gasteiger partial charge in [-0.2, -0.15) is 0 Å². The molecule has 0 spiro atoms. The second kappa shape index (κ2) is 5.46. The lowest BCUT2D eigenvalue weighted by molar-refractivity contribution is -0.385. The highest BCUT2D eigenvalue weighted by Crippen LogP contribution is 2.40. The van der Waals surface area contributed by atoms with Gasteiger partial charge in [-0.25, -0.2) is 4.79 Å². The Bertz CT molecular complexity index is 564. The van der Waals surface area contributed by atoms with Crippen molar-refractivity contribution >= 4 is 17.3 Å². The van der Waals surface area contributed by atoms with Crippen LogP contribution in [0.4, 0.5) is 11.4 Å². The minimum Gasteiger partial charge on any atom is -0.478 e. The first-order chi connectivity index (χ1) is 9.43. The van der Waals surface area contributed by atoms with Gasteiger partial charge in [0.1, 0.15) is 0 Å². The molecule has 2 rings (SSSR count). The number of nitrogen functional groups attached to an aromatic ring is 1. The van der Waals surface area contributed by atoms with E-state index in [1.807, 2.05) is 0 Å². The summed E-state index contributed by atoms with van der Waals surface area (Å²) in [6.45, 7) is 2.63. The highest BCUT2D eigenvalue weighted by molar-refractivity contribution is 5.93. The standard InChI is InChI=1S/C13H16N2O5/c1-7-9(13(16)17)6-10(15(18)19)11(12(7)14)8-2-4-20-5-3-8/h6,8H,2-5,14H2,1H3,(H,16,17). The minimum atomic E-state index is -1.21. The Morgan fingerprint density at radius 2 is 2.10 bits per heavy atom. The van der Waals surface area contributed by atoms with Crippen molar-refractivity contribution in [3.8, 4) is 0 Å². The molecule has 1 aliphatic heterocycles. The fraction of sp³-hybridized carbons (Fsp3) is 0.462. The van der Waals surface area contributed by atoms with Gasteiger partial charge in [-0.05, 0) is 31.2 Å². The summed E-state index contributed by atoms with van der Waals surface area (Å²) in [4.78, 5) is 21.8. The maximum Gasteiger partial charge on any atom is 0.336 e. The number of nitrogens with zero attached hydrogens (tertiary/aromatic N) is 1. The van der Waals surface area contributed by atoms with E-state index in [2.05, 4.69) is 0 Å². The SMILES string of the molecule is Cc1c(C(=O)O)cc([N+](=O)[O-])c(C2CCOCC2)c1N. The van der Waals surface area contributed by atoms with Crippen LogP contribution in [0, 0.1) is 17.0 Å². The molecule has 1 saturated heterocycles. The molecule has 3 N–H and O–H groups in total. The van der Waals surface area contributed by atoms with Crippen molar-refractivity contribution in [2.24, 2.45) is 0 Å². The summed E-state index contributed by atoms with van der Waals surface area (Å²) in [5.41, 5.74) is 6.69. The van der Waals surface area contributed by atoms with E-state index in [9.17, 15) is 14.9 Å². The number of nitro groups is 1. The summed E-state index contributed by atoms with van der Waals surface area (Å²) in [5, 5.41) is 20.3. The first kappa shape index (κ1) is 14.3. The number of carboxylic acids is 1. The molecule has 108 valence electrons. The van der Waals surface area contributed by atoms with Gasteiger partial charge in [-0.15, -0.1) is 0 Å². The second-order valence-electron chi connectivity index (χ2n) is 4.84. The van der Waals surface area contributed by atoms with Crippen molar-refractivity contribution in [2.75, 3.05) is 18.9 Å². The smallest absolute Gasteiger partial charge is 0.336 e. The van der Waals surface area contributed by atoms with E-state index in [1.165, 1.54) is 0 Å². The van der Waals surface area contributed by atoms with Gasteiger partial charge in [-0.1, -0.05) is 0 Å². The van der Waals surface area contributed by atoms with Crippen LogP contribution in [0.2, 0.25) is 0 Å². The largest absolute Gasteiger partial charge is 0.478 e. The number of benzene rings is 1. The lowest BCUT2D eigenvalue weighted by Gasteiger charge is -2.24. The Balaban J connectivity index is 2.62. The van der Waals surface area contributed by atoms with E-state index in [-0.39, 0.29) is 22.9 Å². The highest BCUT2D eigenvalue weighted by atomic mass is 16.6. The molecule has 1 aromatic carbocycles. The van der Waals surface area contributed by atoms with Gasteiger partial charge in [-0.3, -0.25) is 10.1 Å². The molecule has 7 nitrogen and oxygen atoms in total. The molecule has 1 aliphatic rings. The number of carbonyl (C=O) groups is 1. The molecule has 1 aromatic rings. The quantitative estimate of drug-likeness (QED) is 0.497. The topological polar surface area (TPSA) is 116 Å². The third-order valence-corrected chi connectivity index (χ3v) is 3.71. The zero-order chi connectivity index (χ0) is 14.9. The Morgan fingerprint density at radius 3 is 2.60 bits per heavy atom. The molecule has 0 aromatic heterocycles. The van der Waals surface area contributed by atoms with Crippen LogP contribution in [0.5, 0.6) is 0 Å². The van der Waals surface area contributed by atoms with Gasteiger partial charge in [0, 0.05) is 25.0 Å². The van der Waals surface area contributed by atoms with Crippen molar-refractivity contribution < 1.29 is 19.6 Å². The summed E-state index contributed by atoms with van der Waals surface area (Å²) in [7, 11) is 0. The minimum absolute atomic E-state index is 0.0642. The Kier molecular flexibility index (Phi) is 3.89. The van der Waals surface area contributed by atoms with E-state index < -0.39 is 10.9 Å². The summed E-state index contributed by atoms with van der Waals surface area (Å²) >= 11 is 0. The molecule has 1 heterocycles. The van der Waals surface area contributed by atoms with Crippen LogP contribution in [-0.2, 0) is 4.74 Å². The zero-order valence-electron chi connectivity index (χ0n) is 11.1. The number of ether oxygens (including phenoxy) is 1. The maximum atomic E-state index is 11.2. The number of anilines is 1. The molecule has 0 bridgehead atoms. The van der Waals surface area contributed by atoms with E-state index >= 15 is 0 Å². The third-order valence-electron chi connectivity index (χ3n) is 3.71. The molecule has 0 atom stereocenters. The number of carboxylic acid groups (broad SMARTS) is 1. The normalized spacial score (nSPS) is 16.1. The number of hydrogen-bond acceptors (Lipinski definition) is 5. The van der Waals surface area contributed by atoms with Gasteiger partial charge in [0.2, 0.25) is 0 Å². The summed E-state index contributed by atoms with van der Waals surface area (Å²) in [6, 6.07) is 1.11. The molecule has 0 unspecified atom stereocenters. The monoisotopic (exact) mass is 280 g/mol. The molecule has 0 saturated carbocycles. The fourth-order valence-electron chi connectivity index (χ4n) is 2.60. The average Bonchev–Trinajstić information content (AvgIpc) is 2.41. The van der Waals surface area contributed by atoms with Crippen LogP contribution >= 0.6 is 0 Å². The number of aromatic carboxylic acids is 1. The van der Waals surface area contributed by atoms with Crippen molar-refractivity contribution in [1.29, 1.82) is 0 Å². The van der Waals surface area contributed by atoms with E-state index in [1.54, 1.807) is 6.92 Å². The Morgan fingerprint density at radius 1 is 1.50 bits per heavy atom. The van der Waals surface area contributed by atoms with Gasteiger partial charge < -0.3 is 15.6 Å². The van der Waals surface area contributed by atoms with Crippen LogP contribution in [-0.4, -0.2) is 29.2 Å². The van der Waals surface area contributed by atoms with Crippen LogP contribution in [0.1, 0.15) is 40.2 Å². The molecule has 0 radical (unpaired) electrons. The van der Waals surface area contributed by atoms with E-state index in [0.717, 1.165) is 6.07 Å². The van der Waals surface area contributed by atoms with Gasteiger partial charge in [0.15, 0.2) is 0 Å². The van der Waals surface area contributed by atoms with Crippen LogP contribution in [0.3, 0.4) is 0 Å². The summed E-state index contributed by atoms with van der Waals surface area (Å²) in [6.07, 6.45) is 1.30. The predicted molar refractivity (Wildman–Crippen MR) is 72.0 cm³/mol. The zero-order valence-corrected chi connectivity index (χ0v) is 11.1. The molecular formula is C13H16N2O5. The number of hydrogen-bond donors (Lipinski definition) is 2. The highest BCUT2D eigenvalue weighted by Gasteiger charge is 2.30. The van der Waals surface area contributed by atoms with E-state index in [4.69, 9.17) is 15.6 Å². The van der Waals surface area contributed by atoms with Crippen molar-refractivity contribution in [1.82, 2.24) is 0 Å². The number of rotatable bonds is 3. The lowest BCUT2D eigenvalue weighted by Crippen LogP contribution is -2.18. The molecule has 7 heteroatoms.